The van der Waals surface area contributed by atoms with E-state index >= 15 is 0 Å². The summed E-state index contributed by atoms with van der Waals surface area (Å²) in [5, 5.41) is 16.0. The monoisotopic (exact) mass is 469 g/mol. The van der Waals surface area contributed by atoms with Crippen LogP contribution in [0.25, 0.3) is 0 Å². The fourth-order valence-electron chi connectivity index (χ4n) is 3.86. The number of thiazole rings is 1. The van der Waals surface area contributed by atoms with Crippen LogP contribution in [0.2, 0.25) is 0 Å². The number of benzene rings is 3. The number of H-pyrrole nitrogens is 1. The molecule has 1 aromatic heterocycles. The Bertz CT molecular complexity index is 1390. The Kier molecular flexibility index (Phi) is 6.05. The molecule has 0 aliphatic carbocycles. The smallest absolute Gasteiger partial charge is 0.308 e. The van der Waals surface area contributed by atoms with Crippen molar-refractivity contribution in [1.29, 1.82) is 0 Å². The first-order valence-corrected chi connectivity index (χ1v) is 11.7. The quantitative estimate of drug-likeness (QED) is 0.326. The van der Waals surface area contributed by atoms with Gasteiger partial charge in [0.25, 0.3) is 0 Å². The van der Waals surface area contributed by atoms with Crippen LogP contribution in [-0.4, -0.2) is 17.8 Å². The van der Waals surface area contributed by atoms with Gasteiger partial charge in [-0.2, -0.15) is 5.10 Å². The molecule has 0 saturated carbocycles. The van der Waals surface area contributed by atoms with E-state index in [2.05, 4.69) is 15.2 Å². The van der Waals surface area contributed by atoms with Gasteiger partial charge >= 0.3 is 4.87 Å². The van der Waals surface area contributed by atoms with Gasteiger partial charge in [0.1, 0.15) is 5.75 Å². The molecule has 0 amide bonds. The van der Waals surface area contributed by atoms with Crippen LogP contribution in [0.3, 0.4) is 0 Å². The average Bonchev–Trinajstić information content (AvgIpc) is 3.48. The van der Waals surface area contributed by atoms with Gasteiger partial charge < -0.3 is 4.74 Å². The predicted molar refractivity (Wildman–Crippen MR) is 136 cm³/mol. The van der Waals surface area contributed by atoms with Crippen LogP contribution in [0.1, 0.15) is 29.2 Å². The third kappa shape index (κ3) is 4.53. The number of rotatable bonds is 6. The van der Waals surface area contributed by atoms with Gasteiger partial charge in [-0.25, -0.2) is 5.01 Å². The number of aryl methyl sites for hydroxylation is 1. The Morgan fingerprint density at radius 1 is 1.00 bits per heavy atom. The lowest BCUT2D eigenvalue weighted by Gasteiger charge is -2.22. The summed E-state index contributed by atoms with van der Waals surface area (Å²) in [6.07, 6.45) is 0.683. The normalized spacial score (nSPS) is 15.6. The molecular formula is C26H23N5O2S. The number of hydrogen-bond acceptors (Lipinski definition) is 7. The van der Waals surface area contributed by atoms with E-state index in [9.17, 15) is 4.79 Å². The standard InChI is InChI=1S/C26H23N5O2S/c1-17-8-12-20(13-9-17)28-29-25-24(27-26(32)34-25)31-23(19-10-14-21(33-2)15-11-19)16-22(30-31)18-6-4-3-5-7-18/h3-15,23H,16H2,1-2H3,(H,27,32)/t23-/m1/s1. The molecule has 0 spiro atoms. The van der Waals surface area contributed by atoms with Gasteiger partial charge in [-0.1, -0.05) is 71.5 Å². The topological polar surface area (TPSA) is 82.4 Å². The van der Waals surface area contributed by atoms with Crippen molar-refractivity contribution < 1.29 is 4.74 Å². The van der Waals surface area contributed by atoms with Crippen LogP contribution in [-0.2, 0) is 0 Å². The molecule has 1 atom stereocenters. The molecule has 0 bridgehead atoms. The molecule has 7 nitrogen and oxygen atoms in total. The minimum Gasteiger partial charge on any atom is -0.497 e. The highest BCUT2D eigenvalue weighted by Gasteiger charge is 2.33. The number of anilines is 1. The van der Waals surface area contributed by atoms with Crippen molar-refractivity contribution in [3.63, 3.8) is 0 Å². The highest BCUT2D eigenvalue weighted by molar-refractivity contribution is 7.13. The Labute approximate surface area is 201 Å². The summed E-state index contributed by atoms with van der Waals surface area (Å²) in [5.74, 6) is 1.33. The summed E-state index contributed by atoms with van der Waals surface area (Å²) in [4.78, 5) is 15.1. The maximum atomic E-state index is 12.4. The zero-order valence-corrected chi connectivity index (χ0v) is 19.6. The fraction of sp³-hybridized carbons (Fsp3) is 0.154. The number of hydrazone groups is 1. The van der Waals surface area contributed by atoms with Gasteiger partial charge in [0.15, 0.2) is 10.8 Å². The average molecular weight is 470 g/mol. The number of ether oxygens (including phenoxy) is 1. The molecule has 1 N–H and O–H groups in total. The zero-order valence-electron chi connectivity index (χ0n) is 18.8. The molecule has 0 unspecified atom stereocenters. The van der Waals surface area contributed by atoms with E-state index < -0.39 is 0 Å². The number of azo groups is 1. The van der Waals surface area contributed by atoms with Crippen LogP contribution in [0.5, 0.6) is 5.75 Å². The second kappa shape index (κ2) is 9.44. The molecule has 1 aliphatic rings. The number of methoxy groups -OCH3 is 1. The highest BCUT2D eigenvalue weighted by Crippen LogP contribution is 2.41. The molecule has 2 heterocycles. The van der Waals surface area contributed by atoms with E-state index in [1.807, 2.05) is 90.8 Å². The Balaban J connectivity index is 1.55. The summed E-state index contributed by atoms with van der Waals surface area (Å²) in [6.45, 7) is 2.02. The van der Waals surface area contributed by atoms with Crippen LogP contribution in [0.15, 0.2) is 99.0 Å². The zero-order chi connectivity index (χ0) is 23.5. The first-order chi connectivity index (χ1) is 16.6. The van der Waals surface area contributed by atoms with Crippen molar-refractivity contribution in [2.75, 3.05) is 12.1 Å². The Hall–Kier alpha value is -4.04. The van der Waals surface area contributed by atoms with Crippen molar-refractivity contribution in [1.82, 2.24) is 4.98 Å². The van der Waals surface area contributed by atoms with Gasteiger partial charge in [0.2, 0.25) is 0 Å². The van der Waals surface area contributed by atoms with E-state index in [4.69, 9.17) is 9.84 Å². The maximum absolute atomic E-state index is 12.4. The first-order valence-electron chi connectivity index (χ1n) is 10.9. The van der Waals surface area contributed by atoms with Crippen molar-refractivity contribution in [2.45, 2.75) is 19.4 Å². The lowest BCUT2D eigenvalue weighted by molar-refractivity contribution is 0.414. The van der Waals surface area contributed by atoms with Gasteiger partial charge in [-0.3, -0.25) is 9.78 Å². The number of aromatic nitrogens is 1. The Morgan fingerprint density at radius 3 is 2.44 bits per heavy atom. The third-order valence-electron chi connectivity index (χ3n) is 5.65. The van der Waals surface area contributed by atoms with Crippen molar-refractivity contribution in [3.05, 3.63) is 105 Å². The molecule has 170 valence electrons. The molecule has 0 radical (unpaired) electrons. The van der Waals surface area contributed by atoms with Gasteiger partial charge in [-0.15, -0.1) is 10.2 Å². The molecule has 8 heteroatoms. The van der Waals surface area contributed by atoms with E-state index in [1.165, 1.54) is 0 Å². The molecule has 4 aromatic rings. The second-order valence-corrected chi connectivity index (χ2v) is 8.92. The van der Waals surface area contributed by atoms with Crippen molar-refractivity contribution >= 4 is 33.6 Å². The minimum atomic E-state index is -0.204. The lowest BCUT2D eigenvalue weighted by Crippen LogP contribution is -2.19. The molecule has 5 rings (SSSR count). The lowest BCUT2D eigenvalue weighted by atomic mass is 9.98. The van der Waals surface area contributed by atoms with E-state index in [0.717, 1.165) is 45.2 Å². The van der Waals surface area contributed by atoms with E-state index in [-0.39, 0.29) is 10.9 Å². The van der Waals surface area contributed by atoms with Gasteiger partial charge in [0, 0.05) is 6.42 Å². The van der Waals surface area contributed by atoms with E-state index in [0.29, 0.717) is 17.2 Å². The molecule has 1 aliphatic heterocycles. The molecule has 34 heavy (non-hydrogen) atoms. The summed E-state index contributed by atoms with van der Waals surface area (Å²) >= 11 is 1.02. The number of hydrogen-bond donors (Lipinski definition) is 1. The second-order valence-electron chi connectivity index (χ2n) is 7.95. The van der Waals surface area contributed by atoms with Crippen molar-refractivity contribution in [3.8, 4) is 5.75 Å². The first kappa shape index (κ1) is 21.8. The minimum absolute atomic E-state index is 0.111. The van der Waals surface area contributed by atoms with Gasteiger partial charge in [0.05, 0.1) is 24.6 Å². The van der Waals surface area contributed by atoms with Gasteiger partial charge in [-0.05, 0) is 42.3 Å². The molecule has 0 saturated heterocycles. The largest absolute Gasteiger partial charge is 0.497 e. The molecule has 0 fully saturated rings. The number of nitrogens with zero attached hydrogens (tertiary/aromatic N) is 4. The van der Waals surface area contributed by atoms with Crippen LogP contribution < -0.4 is 14.6 Å². The highest BCUT2D eigenvalue weighted by atomic mass is 32.1. The van der Waals surface area contributed by atoms with Crippen LogP contribution >= 0.6 is 11.3 Å². The summed E-state index contributed by atoms with van der Waals surface area (Å²) in [6, 6.07) is 25.6. The number of nitrogens with one attached hydrogen (secondary N) is 1. The summed E-state index contributed by atoms with van der Waals surface area (Å²) < 4.78 is 5.32. The molecule has 3 aromatic carbocycles. The van der Waals surface area contributed by atoms with Crippen LogP contribution in [0.4, 0.5) is 16.5 Å². The van der Waals surface area contributed by atoms with E-state index in [1.54, 1.807) is 7.11 Å². The maximum Gasteiger partial charge on any atom is 0.308 e. The summed E-state index contributed by atoms with van der Waals surface area (Å²) in [5.41, 5.74) is 4.91. The van der Waals surface area contributed by atoms with Crippen LogP contribution in [0, 0.1) is 6.92 Å². The number of aromatic amines is 1. The van der Waals surface area contributed by atoms with Crippen molar-refractivity contribution in [2.24, 2.45) is 15.3 Å². The Morgan fingerprint density at radius 2 is 1.74 bits per heavy atom. The summed E-state index contributed by atoms with van der Waals surface area (Å²) in [7, 11) is 1.65. The third-order valence-corrected chi connectivity index (χ3v) is 6.41. The molecular weight excluding hydrogens is 446 g/mol. The predicted octanol–water partition coefficient (Wildman–Crippen LogP) is 6.52. The SMILES string of the molecule is COc1ccc([C@H]2CC(c3ccccc3)=NN2c2[nH]c(=O)sc2N=Nc2ccc(C)cc2)cc1. The fourth-order valence-corrected chi connectivity index (χ4v) is 4.50.